The van der Waals surface area contributed by atoms with E-state index >= 15 is 0 Å². The summed E-state index contributed by atoms with van der Waals surface area (Å²) in [6.45, 7) is 2.01. The number of carbonyl (C=O) groups excluding carboxylic acids is 2. The molecule has 3 aromatic rings. The Balaban J connectivity index is 1.50. The van der Waals surface area contributed by atoms with Crippen molar-refractivity contribution in [2.75, 3.05) is 5.32 Å². The maximum absolute atomic E-state index is 13.1. The Morgan fingerprint density at radius 1 is 1.17 bits per heavy atom. The molecule has 30 heavy (non-hydrogen) atoms. The van der Waals surface area contributed by atoms with Gasteiger partial charge in [0.2, 0.25) is 0 Å². The molecule has 0 bridgehead atoms. The third-order valence-electron chi connectivity index (χ3n) is 4.83. The zero-order valence-corrected chi connectivity index (χ0v) is 17.0. The van der Waals surface area contributed by atoms with Gasteiger partial charge >= 0.3 is 0 Å². The van der Waals surface area contributed by atoms with Crippen LogP contribution in [0.3, 0.4) is 0 Å². The smallest absolute Gasteiger partial charge is 0.260 e. The molecule has 0 unspecified atom stereocenters. The summed E-state index contributed by atoms with van der Waals surface area (Å²) in [5, 5.41) is 10.2. The van der Waals surface area contributed by atoms with E-state index in [-0.39, 0.29) is 28.5 Å². The minimum atomic E-state index is -0.414. The molecule has 1 heterocycles. The van der Waals surface area contributed by atoms with Gasteiger partial charge in [0.15, 0.2) is 0 Å². The van der Waals surface area contributed by atoms with E-state index < -0.39 is 5.91 Å². The maximum Gasteiger partial charge on any atom is 0.260 e. The first-order valence-corrected chi connectivity index (χ1v) is 9.98. The normalized spacial score (nSPS) is 13.2. The molecular weight excluding hydrogens is 407 g/mol. The van der Waals surface area contributed by atoms with Crippen molar-refractivity contribution >= 4 is 29.1 Å². The second-order valence-corrected chi connectivity index (χ2v) is 7.68. The van der Waals surface area contributed by atoms with Crippen molar-refractivity contribution in [3.05, 3.63) is 81.9 Å². The Kier molecular flexibility index (Phi) is 5.55. The zero-order valence-electron chi connectivity index (χ0n) is 16.3. The summed E-state index contributed by atoms with van der Waals surface area (Å²) in [5.41, 5.74) is 2.51. The molecule has 1 saturated carbocycles. The number of carbonyl (C=O) groups is 2. The predicted molar refractivity (Wildman–Crippen MR) is 112 cm³/mol. The summed E-state index contributed by atoms with van der Waals surface area (Å²) in [7, 11) is 0. The van der Waals surface area contributed by atoms with E-state index in [9.17, 15) is 14.0 Å². The molecule has 6 nitrogen and oxygen atoms in total. The summed E-state index contributed by atoms with van der Waals surface area (Å²) in [6.07, 6.45) is 2.00. The second kappa shape index (κ2) is 8.28. The van der Waals surface area contributed by atoms with E-state index in [1.165, 1.54) is 16.8 Å². The van der Waals surface area contributed by atoms with Crippen molar-refractivity contribution in [3.63, 3.8) is 0 Å². The second-order valence-electron chi connectivity index (χ2n) is 7.32. The molecular formula is C22H20ClFN4O2. The van der Waals surface area contributed by atoms with Gasteiger partial charge in [-0.2, -0.15) is 5.10 Å². The number of aryl methyl sites for hydroxylation is 1. The summed E-state index contributed by atoms with van der Waals surface area (Å²) in [6, 6.07) is 13.0. The van der Waals surface area contributed by atoms with E-state index in [1.54, 1.807) is 43.3 Å². The SMILES string of the molecule is Cc1nn(Cc2ccc(F)cc2)c(Cl)c1C(=O)Nc1cccc(C(=O)NC2CC2)c1. The van der Waals surface area contributed by atoms with Crippen LogP contribution in [-0.4, -0.2) is 27.6 Å². The first-order valence-electron chi connectivity index (χ1n) is 9.60. The van der Waals surface area contributed by atoms with Crippen molar-refractivity contribution in [3.8, 4) is 0 Å². The molecule has 1 fully saturated rings. The maximum atomic E-state index is 13.1. The van der Waals surface area contributed by atoms with Gasteiger partial charge in [-0.05, 0) is 55.7 Å². The average Bonchev–Trinajstić information content (AvgIpc) is 3.48. The number of anilines is 1. The van der Waals surface area contributed by atoms with Gasteiger partial charge in [0.1, 0.15) is 11.0 Å². The third kappa shape index (κ3) is 4.52. The molecule has 1 aromatic heterocycles. The van der Waals surface area contributed by atoms with Crippen LogP contribution in [0.25, 0.3) is 0 Å². The van der Waals surface area contributed by atoms with Crippen LogP contribution in [0.5, 0.6) is 0 Å². The number of aromatic nitrogens is 2. The zero-order chi connectivity index (χ0) is 21.3. The van der Waals surface area contributed by atoms with E-state index in [0.29, 0.717) is 23.5 Å². The van der Waals surface area contributed by atoms with E-state index in [1.807, 2.05) is 0 Å². The molecule has 0 aliphatic heterocycles. The monoisotopic (exact) mass is 426 g/mol. The minimum absolute atomic E-state index is 0.157. The lowest BCUT2D eigenvalue weighted by molar-refractivity contribution is 0.0949. The number of benzene rings is 2. The van der Waals surface area contributed by atoms with E-state index in [2.05, 4.69) is 15.7 Å². The van der Waals surface area contributed by atoms with Gasteiger partial charge in [0, 0.05) is 17.3 Å². The van der Waals surface area contributed by atoms with Crippen LogP contribution in [0.4, 0.5) is 10.1 Å². The number of halogens is 2. The molecule has 0 radical (unpaired) electrons. The molecule has 0 spiro atoms. The number of nitrogens with one attached hydrogen (secondary N) is 2. The summed E-state index contributed by atoms with van der Waals surface area (Å²) in [5.74, 6) is -0.896. The third-order valence-corrected chi connectivity index (χ3v) is 5.22. The highest BCUT2D eigenvalue weighted by molar-refractivity contribution is 6.33. The lowest BCUT2D eigenvalue weighted by atomic mass is 10.1. The van der Waals surface area contributed by atoms with Crippen LogP contribution in [0.2, 0.25) is 5.15 Å². The van der Waals surface area contributed by atoms with E-state index in [4.69, 9.17) is 11.6 Å². The van der Waals surface area contributed by atoms with Crippen molar-refractivity contribution in [2.45, 2.75) is 32.4 Å². The lowest BCUT2D eigenvalue weighted by Crippen LogP contribution is -2.25. The summed E-state index contributed by atoms with van der Waals surface area (Å²) >= 11 is 6.42. The molecule has 4 rings (SSSR count). The van der Waals surface area contributed by atoms with Crippen LogP contribution in [0.15, 0.2) is 48.5 Å². The highest BCUT2D eigenvalue weighted by Crippen LogP contribution is 2.23. The Morgan fingerprint density at radius 2 is 1.90 bits per heavy atom. The van der Waals surface area contributed by atoms with Crippen molar-refractivity contribution < 1.29 is 14.0 Å². The predicted octanol–water partition coefficient (Wildman–Crippen LogP) is 4.18. The Morgan fingerprint density at radius 3 is 2.60 bits per heavy atom. The van der Waals surface area contributed by atoms with Gasteiger partial charge in [0.05, 0.1) is 17.8 Å². The number of hydrogen-bond acceptors (Lipinski definition) is 3. The van der Waals surface area contributed by atoms with Crippen LogP contribution in [0.1, 0.15) is 44.8 Å². The van der Waals surface area contributed by atoms with Gasteiger partial charge in [-0.15, -0.1) is 0 Å². The van der Waals surface area contributed by atoms with Gasteiger partial charge in [-0.3, -0.25) is 9.59 Å². The molecule has 2 aromatic carbocycles. The number of amides is 2. The largest absolute Gasteiger partial charge is 0.349 e. The van der Waals surface area contributed by atoms with Crippen LogP contribution in [0, 0.1) is 12.7 Å². The molecule has 0 saturated heterocycles. The van der Waals surface area contributed by atoms with Crippen LogP contribution >= 0.6 is 11.6 Å². The Bertz CT molecular complexity index is 1110. The minimum Gasteiger partial charge on any atom is -0.349 e. The number of hydrogen-bond donors (Lipinski definition) is 2. The van der Waals surface area contributed by atoms with E-state index in [0.717, 1.165) is 18.4 Å². The highest BCUT2D eigenvalue weighted by Gasteiger charge is 2.24. The summed E-state index contributed by atoms with van der Waals surface area (Å²) in [4.78, 5) is 25.1. The fraction of sp³-hybridized carbons (Fsp3) is 0.227. The average molecular weight is 427 g/mol. The van der Waals surface area contributed by atoms with Crippen LogP contribution in [-0.2, 0) is 6.54 Å². The first-order chi connectivity index (χ1) is 14.4. The van der Waals surface area contributed by atoms with Gasteiger partial charge in [-0.1, -0.05) is 29.8 Å². The number of rotatable bonds is 6. The quantitative estimate of drug-likeness (QED) is 0.621. The molecule has 154 valence electrons. The van der Waals surface area contributed by atoms with Gasteiger partial charge in [-0.25, -0.2) is 9.07 Å². The number of nitrogens with zero attached hydrogens (tertiary/aromatic N) is 2. The topological polar surface area (TPSA) is 76.0 Å². The Labute approximate surface area is 178 Å². The molecule has 8 heteroatoms. The Hall–Kier alpha value is -3.19. The standard InChI is InChI=1S/C22H20ClFN4O2/c1-13-19(20(23)28(27-13)12-14-5-7-16(24)8-6-14)22(30)26-18-4-2-3-15(11-18)21(29)25-17-9-10-17/h2-8,11,17H,9-10,12H2,1H3,(H,25,29)(H,26,30). The fourth-order valence-corrected chi connectivity index (χ4v) is 3.43. The summed E-state index contributed by atoms with van der Waals surface area (Å²) < 4.78 is 14.6. The molecule has 1 aliphatic carbocycles. The van der Waals surface area contributed by atoms with Crippen molar-refractivity contribution in [2.24, 2.45) is 0 Å². The molecule has 2 amide bonds. The van der Waals surface area contributed by atoms with Crippen molar-refractivity contribution in [1.82, 2.24) is 15.1 Å². The highest BCUT2D eigenvalue weighted by atomic mass is 35.5. The molecule has 2 N–H and O–H groups in total. The van der Waals surface area contributed by atoms with Crippen molar-refractivity contribution in [1.29, 1.82) is 0 Å². The van der Waals surface area contributed by atoms with Crippen LogP contribution < -0.4 is 10.6 Å². The molecule has 1 aliphatic rings. The van der Waals surface area contributed by atoms with Gasteiger partial charge < -0.3 is 10.6 Å². The van der Waals surface area contributed by atoms with Gasteiger partial charge in [0.25, 0.3) is 11.8 Å². The fourth-order valence-electron chi connectivity index (χ4n) is 3.11. The lowest BCUT2D eigenvalue weighted by Gasteiger charge is -2.08. The molecule has 0 atom stereocenters. The first kappa shape index (κ1) is 20.1.